The monoisotopic (exact) mass is 222 g/mol. The summed E-state index contributed by atoms with van der Waals surface area (Å²) in [5, 5.41) is 8.28. The van der Waals surface area contributed by atoms with Crippen molar-refractivity contribution in [2.75, 3.05) is 26.6 Å². The topological polar surface area (TPSA) is 91.3 Å². The van der Waals surface area contributed by atoms with Gasteiger partial charge in [-0.25, -0.2) is 9.78 Å². The Hall–Kier alpha value is -1.18. The van der Waals surface area contributed by atoms with Crippen LogP contribution in [0, 0.1) is 0 Å². The first-order valence-corrected chi connectivity index (χ1v) is 4.36. The van der Waals surface area contributed by atoms with Gasteiger partial charge in [-0.05, 0) is 6.42 Å². The minimum absolute atomic E-state index is 0.0486. The summed E-state index contributed by atoms with van der Waals surface area (Å²) in [6.07, 6.45) is 0.442. The van der Waals surface area contributed by atoms with E-state index in [9.17, 15) is 9.59 Å². The van der Waals surface area contributed by atoms with Gasteiger partial charge in [0.2, 0.25) is 0 Å². The molecule has 0 saturated heterocycles. The third-order valence-corrected chi connectivity index (χ3v) is 1.23. The van der Waals surface area contributed by atoms with Gasteiger partial charge in [0.05, 0.1) is 13.2 Å². The van der Waals surface area contributed by atoms with Crippen LogP contribution < -0.4 is 0 Å². The van der Waals surface area contributed by atoms with Crippen LogP contribution in [0.25, 0.3) is 0 Å². The van der Waals surface area contributed by atoms with Gasteiger partial charge in [0, 0.05) is 6.42 Å². The van der Waals surface area contributed by atoms with Gasteiger partial charge >= 0.3 is 5.97 Å². The Morgan fingerprint density at radius 1 is 1.20 bits per heavy atom. The lowest BCUT2D eigenvalue weighted by molar-refractivity contribution is -0.300. The van der Waals surface area contributed by atoms with Crippen LogP contribution in [0.2, 0.25) is 0 Å². The lowest BCUT2D eigenvalue weighted by Gasteiger charge is -2.03. The maximum Gasteiger partial charge on any atom is 0.303 e. The van der Waals surface area contributed by atoms with Gasteiger partial charge in [-0.1, -0.05) is 0 Å². The Morgan fingerprint density at radius 3 is 2.60 bits per heavy atom. The molecule has 0 aromatic heterocycles. The number of hydrogen-bond acceptors (Lipinski definition) is 6. The summed E-state index contributed by atoms with van der Waals surface area (Å²) in [5.74, 6) is -0.868. The van der Waals surface area contributed by atoms with Gasteiger partial charge in [0.25, 0.3) is 6.47 Å². The molecule has 0 rings (SSSR count). The second-order valence-electron chi connectivity index (χ2n) is 2.43. The Morgan fingerprint density at radius 2 is 1.93 bits per heavy atom. The Kier molecular flexibility index (Phi) is 10.0. The molecule has 0 aromatic rings. The van der Waals surface area contributed by atoms with E-state index < -0.39 is 5.97 Å². The predicted molar refractivity (Wildman–Crippen MR) is 46.7 cm³/mol. The molecule has 15 heavy (non-hydrogen) atoms. The fraction of sp³-hybridized carbons (Fsp3) is 0.750. The lowest BCUT2D eigenvalue weighted by Crippen LogP contribution is -2.08. The number of rotatable bonds is 11. The second kappa shape index (κ2) is 10.9. The maximum atomic E-state index is 10.1. The van der Waals surface area contributed by atoms with E-state index in [1.54, 1.807) is 0 Å². The third-order valence-electron chi connectivity index (χ3n) is 1.23. The van der Waals surface area contributed by atoms with Crippen LogP contribution in [0.4, 0.5) is 0 Å². The average molecular weight is 222 g/mol. The van der Waals surface area contributed by atoms with Crippen molar-refractivity contribution in [2.45, 2.75) is 12.8 Å². The first-order valence-electron chi connectivity index (χ1n) is 4.36. The van der Waals surface area contributed by atoms with Gasteiger partial charge in [0.1, 0.15) is 6.61 Å². The smallest absolute Gasteiger partial charge is 0.303 e. The molecule has 0 aliphatic carbocycles. The Bertz CT molecular complexity index is 170. The highest BCUT2D eigenvalue weighted by atomic mass is 17.2. The maximum absolute atomic E-state index is 10.1. The Balaban J connectivity index is 2.92. The van der Waals surface area contributed by atoms with E-state index >= 15 is 0 Å². The molecule has 1 N–H and O–H groups in total. The van der Waals surface area contributed by atoms with Gasteiger partial charge < -0.3 is 14.6 Å². The molecular formula is C8H14O7. The minimum Gasteiger partial charge on any atom is -0.481 e. The number of carbonyl (C=O) groups excluding carboxylic acids is 1. The average Bonchev–Trinajstić information content (AvgIpc) is 2.20. The van der Waals surface area contributed by atoms with E-state index in [2.05, 4.69) is 14.5 Å². The van der Waals surface area contributed by atoms with Crippen molar-refractivity contribution in [3.63, 3.8) is 0 Å². The normalized spacial score (nSPS) is 9.87. The van der Waals surface area contributed by atoms with E-state index in [0.29, 0.717) is 6.42 Å². The number of carboxylic acids is 1. The highest BCUT2D eigenvalue weighted by molar-refractivity contribution is 5.66. The molecule has 0 atom stereocenters. The molecule has 0 heterocycles. The highest BCUT2D eigenvalue weighted by Gasteiger charge is 1.96. The summed E-state index contributed by atoms with van der Waals surface area (Å²) in [7, 11) is 0. The molecular weight excluding hydrogens is 208 g/mol. The summed E-state index contributed by atoms with van der Waals surface area (Å²) in [5.41, 5.74) is 0. The molecule has 7 nitrogen and oxygen atoms in total. The van der Waals surface area contributed by atoms with E-state index in [1.165, 1.54) is 0 Å². The molecule has 0 unspecified atom stereocenters. The molecule has 0 aliphatic heterocycles. The summed E-state index contributed by atoms with van der Waals surface area (Å²) in [4.78, 5) is 29.0. The molecule has 0 bridgehead atoms. The van der Waals surface area contributed by atoms with Crippen molar-refractivity contribution in [3.8, 4) is 0 Å². The predicted octanol–water partition coefficient (Wildman–Crippen LogP) is -0.0535. The van der Waals surface area contributed by atoms with Crippen LogP contribution in [-0.2, 0) is 28.8 Å². The summed E-state index contributed by atoms with van der Waals surface area (Å²) in [6.45, 7) is 0.800. The molecule has 0 fully saturated rings. The quantitative estimate of drug-likeness (QED) is 0.172. The van der Waals surface area contributed by atoms with Crippen LogP contribution in [0.5, 0.6) is 0 Å². The standard InChI is InChI=1S/C8H14O7/c9-6-13-7-12-4-5-15-14-3-1-2-8(10)11/h6H,1-5,7H2,(H,10,11). The Labute approximate surface area is 86.8 Å². The molecule has 7 heteroatoms. The van der Waals surface area contributed by atoms with E-state index in [-0.39, 0.29) is 39.5 Å². The van der Waals surface area contributed by atoms with E-state index in [4.69, 9.17) is 9.84 Å². The van der Waals surface area contributed by atoms with Gasteiger partial charge in [-0.15, -0.1) is 0 Å². The van der Waals surface area contributed by atoms with E-state index in [1.807, 2.05) is 0 Å². The molecule has 0 saturated carbocycles. The van der Waals surface area contributed by atoms with Crippen LogP contribution in [0.1, 0.15) is 12.8 Å². The number of aliphatic carboxylic acids is 1. The van der Waals surface area contributed by atoms with Crippen LogP contribution in [-0.4, -0.2) is 44.2 Å². The molecule has 88 valence electrons. The van der Waals surface area contributed by atoms with Crippen LogP contribution in [0.3, 0.4) is 0 Å². The van der Waals surface area contributed by atoms with Crippen molar-refractivity contribution in [1.29, 1.82) is 0 Å². The van der Waals surface area contributed by atoms with Crippen LogP contribution in [0.15, 0.2) is 0 Å². The fourth-order valence-corrected chi connectivity index (χ4v) is 0.628. The lowest BCUT2D eigenvalue weighted by atomic mass is 10.3. The summed E-state index contributed by atoms with van der Waals surface area (Å²) < 4.78 is 9.01. The zero-order chi connectivity index (χ0) is 11.4. The number of carboxylic acid groups (broad SMARTS) is 1. The van der Waals surface area contributed by atoms with Crippen molar-refractivity contribution in [3.05, 3.63) is 0 Å². The number of hydrogen-bond donors (Lipinski definition) is 1. The largest absolute Gasteiger partial charge is 0.481 e. The van der Waals surface area contributed by atoms with Gasteiger partial charge in [-0.2, -0.15) is 0 Å². The zero-order valence-corrected chi connectivity index (χ0v) is 8.22. The van der Waals surface area contributed by atoms with Crippen LogP contribution >= 0.6 is 0 Å². The molecule has 0 spiro atoms. The summed E-state index contributed by atoms with van der Waals surface area (Å²) >= 11 is 0. The van der Waals surface area contributed by atoms with Crippen molar-refractivity contribution in [2.24, 2.45) is 0 Å². The first kappa shape index (κ1) is 13.8. The third kappa shape index (κ3) is 12.8. The SMILES string of the molecule is O=COCOCCOOCCCC(=O)O. The second-order valence-corrected chi connectivity index (χ2v) is 2.43. The van der Waals surface area contributed by atoms with Gasteiger partial charge in [-0.3, -0.25) is 9.59 Å². The van der Waals surface area contributed by atoms with Crippen molar-refractivity contribution in [1.82, 2.24) is 0 Å². The fourth-order valence-electron chi connectivity index (χ4n) is 0.628. The van der Waals surface area contributed by atoms with Crippen molar-refractivity contribution < 1.29 is 33.9 Å². The zero-order valence-electron chi connectivity index (χ0n) is 8.22. The molecule has 0 amide bonds. The number of carbonyl (C=O) groups is 2. The minimum atomic E-state index is -0.868. The first-order chi connectivity index (χ1) is 7.27. The molecule has 0 aromatic carbocycles. The summed E-state index contributed by atoms with van der Waals surface area (Å²) in [6, 6.07) is 0. The van der Waals surface area contributed by atoms with Gasteiger partial charge in [0.15, 0.2) is 6.79 Å². The highest BCUT2D eigenvalue weighted by Crippen LogP contribution is 1.90. The van der Waals surface area contributed by atoms with Crippen molar-refractivity contribution >= 4 is 12.4 Å². The molecule has 0 aliphatic rings. The molecule has 0 radical (unpaired) electrons. The number of ether oxygens (including phenoxy) is 2. The van der Waals surface area contributed by atoms with E-state index in [0.717, 1.165) is 0 Å².